The lowest BCUT2D eigenvalue weighted by Gasteiger charge is -2.19. The van der Waals surface area contributed by atoms with Crippen molar-refractivity contribution in [1.29, 1.82) is 0 Å². The average Bonchev–Trinajstić information content (AvgIpc) is 3.13. The summed E-state index contributed by atoms with van der Waals surface area (Å²) in [6.45, 7) is 2.03. The van der Waals surface area contributed by atoms with Gasteiger partial charge in [0, 0.05) is 13.4 Å². The fraction of sp³-hybridized carbons (Fsp3) is 0.280. The van der Waals surface area contributed by atoms with Crippen LogP contribution in [0.25, 0.3) is 22.2 Å². The van der Waals surface area contributed by atoms with Crippen molar-refractivity contribution in [3.05, 3.63) is 81.8 Å². The summed E-state index contributed by atoms with van der Waals surface area (Å²) in [5.41, 5.74) is 3.72. The van der Waals surface area contributed by atoms with Crippen molar-refractivity contribution < 1.29 is 22.3 Å². The standard InChI is InChI=1S/C25H26FN3O5S/c1-15-5-7-17(26)12-18(15)16-6-9-22-20(11-16)28-25(30)29(22)23(14-35(4,31)32)19-8-10-24(34-3)21(27-19)13-33-2/h5-12,23H,13-14H2,1-4H3,(H,28,30)/t23-/m1/s1. The molecule has 8 nitrogen and oxygen atoms in total. The minimum Gasteiger partial charge on any atom is -0.495 e. The van der Waals surface area contributed by atoms with Crippen molar-refractivity contribution in [2.24, 2.45) is 0 Å². The largest absolute Gasteiger partial charge is 0.495 e. The Balaban J connectivity index is 1.89. The highest BCUT2D eigenvalue weighted by Crippen LogP contribution is 2.30. The molecule has 0 aliphatic heterocycles. The number of benzene rings is 2. The Labute approximate surface area is 202 Å². The minimum atomic E-state index is -3.50. The molecule has 1 atom stereocenters. The molecule has 2 heterocycles. The Hall–Kier alpha value is -3.50. The molecule has 0 spiro atoms. The highest BCUT2D eigenvalue weighted by Gasteiger charge is 2.26. The molecule has 0 unspecified atom stereocenters. The summed E-state index contributed by atoms with van der Waals surface area (Å²) < 4.78 is 50.5. The summed E-state index contributed by atoms with van der Waals surface area (Å²) in [6, 6.07) is 12.2. The number of ether oxygens (including phenoxy) is 2. The van der Waals surface area contributed by atoms with Gasteiger partial charge in [0.25, 0.3) is 0 Å². The Morgan fingerprint density at radius 2 is 1.89 bits per heavy atom. The number of hydrogen-bond donors (Lipinski definition) is 1. The van der Waals surface area contributed by atoms with Gasteiger partial charge in [-0.05, 0) is 60.0 Å². The maximum Gasteiger partial charge on any atom is 0.327 e. The molecule has 0 radical (unpaired) electrons. The number of aryl methyl sites for hydroxylation is 1. The van der Waals surface area contributed by atoms with E-state index in [2.05, 4.69) is 9.97 Å². The van der Waals surface area contributed by atoms with Crippen LogP contribution < -0.4 is 10.4 Å². The van der Waals surface area contributed by atoms with Gasteiger partial charge in [0.1, 0.15) is 27.1 Å². The van der Waals surface area contributed by atoms with Crippen LogP contribution in [0.3, 0.4) is 0 Å². The molecule has 4 aromatic rings. The van der Waals surface area contributed by atoms with Gasteiger partial charge in [-0.1, -0.05) is 12.1 Å². The predicted molar refractivity (Wildman–Crippen MR) is 132 cm³/mol. The van der Waals surface area contributed by atoms with Gasteiger partial charge in [0.15, 0.2) is 0 Å². The van der Waals surface area contributed by atoms with Crippen molar-refractivity contribution in [2.45, 2.75) is 19.6 Å². The number of imidazole rings is 1. The summed E-state index contributed by atoms with van der Waals surface area (Å²) in [5, 5.41) is 0. The maximum absolute atomic E-state index is 13.9. The third-order valence-corrected chi connectivity index (χ3v) is 6.72. The first-order valence-corrected chi connectivity index (χ1v) is 12.9. The van der Waals surface area contributed by atoms with Crippen LogP contribution in [-0.2, 0) is 21.2 Å². The number of nitrogens with zero attached hydrogens (tertiary/aromatic N) is 2. The van der Waals surface area contributed by atoms with Crippen LogP contribution in [-0.4, -0.2) is 49.2 Å². The summed E-state index contributed by atoms with van der Waals surface area (Å²) in [6.07, 6.45) is 1.12. The van der Waals surface area contributed by atoms with Crippen LogP contribution in [0.4, 0.5) is 4.39 Å². The second-order valence-electron chi connectivity index (χ2n) is 8.42. The lowest BCUT2D eigenvalue weighted by molar-refractivity contribution is 0.177. The Bertz CT molecular complexity index is 1560. The van der Waals surface area contributed by atoms with Crippen molar-refractivity contribution in [3.8, 4) is 16.9 Å². The molecule has 4 rings (SSSR count). The lowest BCUT2D eigenvalue weighted by atomic mass is 10.00. The molecule has 2 aromatic carbocycles. The third kappa shape index (κ3) is 5.13. The van der Waals surface area contributed by atoms with Gasteiger partial charge in [-0.3, -0.25) is 4.57 Å². The Morgan fingerprint density at radius 3 is 2.57 bits per heavy atom. The van der Waals surface area contributed by atoms with Gasteiger partial charge >= 0.3 is 5.69 Å². The highest BCUT2D eigenvalue weighted by molar-refractivity contribution is 7.90. The second-order valence-corrected chi connectivity index (χ2v) is 10.6. The van der Waals surface area contributed by atoms with Crippen LogP contribution in [0.5, 0.6) is 5.75 Å². The van der Waals surface area contributed by atoms with Gasteiger partial charge in [-0.2, -0.15) is 0 Å². The SMILES string of the molecule is COCc1nc([C@@H](CS(C)(=O)=O)n2c(=O)[nH]c3cc(-c4cc(F)ccc4C)ccc32)ccc1OC. The number of nitrogens with one attached hydrogen (secondary N) is 1. The fourth-order valence-corrected chi connectivity index (χ4v) is 5.10. The molecule has 0 aliphatic carbocycles. The van der Waals surface area contributed by atoms with Gasteiger partial charge in [0.05, 0.1) is 42.2 Å². The predicted octanol–water partition coefficient (Wildman–Crippen LogP) is 3.63. The summed E-state index contributed by atoms with van der Waals surface area (Å²) in [7, 11) is -0.480. The Kier molecular flexibility index (Phi) is 6.77. The molecule has 0 bridgehead atoms. The molecular weight excluding hydrogens is 473 g/mol. The fourth-order valence-electron chi connectivity index (χ4n) is 4.21. The average molecular weight is 500 g/mol. The smallest absolute Gasteiger partial charge is 0.327 e. The van der Waals surface area contributed by atoms with E-state index in [0.29, 0.717) is 33.7 Å². The number of sulfone groups is 1. The lowest BCUT2D eigenvalue weighted by Crippen LogP contribution is -2.29. The van der Waals surface area contributed by atoms with Crippen molar-refractivity contribution >= 4 is 20.9 Å². The summed E-state index contributed by atoms with van der Waals surface area (Å²) >= 11 is 0. The van der Waals surface area contributed by atoms with E-state index in [1.54, 1.807) is 36.4 Å². The number of hydrogen-bond acceptors (Lipinski definition) is 6. The maximum atomic E-state index is 13.9. The first-order chi connectivity index (χ1) is 16.6. The van der Waals surface area contributed by atoms with Crippen LogP contribution in [0.2, 0.25) is 0 Å². The van der Waals surface area contributed by atoms with Crippen molar-refractivity contribution in [1.82, 2.24) is 14.5 Å². The number of H-pyrrole nitrogens is 1. The number of halogens is 1. The summed E-state index contributed by atoms with van der Waals surface area (Å²) in [5.74, 6) is -0.200. The van der Waals surface area contributed by atoms with Crippen molar-refractivity contribution in [3.63, 3.8) is 0 Å². The number of aromatic nitrogens is 3. The van der Waals surface area contributed by atoms with E-state index in [4.69, 9.17) is 9.47 Å². The zero-order chi connectivity index (χ0) is 25.3. The molecule has 0 aliphatic rings. The topological polar surface area (TPSA) is 103 Å². The van der Waals surface area contributed by atoms with Gasteiger partial charge in [-0.15, -0.1) is 0 Å². The molecule has 0 amide bonds. The molecule has 1 N–H and O–H groups in total. The number of aromatic amines is 1. The second kappa shape index (κ2) is 9.63. The van der Waals surface area contributed by atoms with Crippen molar-refractivity contribution in [2.75, 3.05) is 26.2 Å². The summed E-state index contributed by atoms with van der Waals surface area (Å²) in [4.78, 5) is 20.5. The van der Waals surface area contributed by atoms with E-state index < -0.39 is 21.6 Å². The van der Waals surface area contributed by atoms with E-state index in [1.807, 2.05) is 6.92 Å². The van der Waals surface area contributed by atoms with Gasteiger partial charge < -0.3 is 14.5 Å². The molecule has 2 aromatic heterocycles. The number of methoxy groups -OCH3 is 2. The normalized spacial score (nSPS) is 12.7. The highest BCUT2D eigenvalue weighted by atomic mass is 32.2. The zero-order valence-corrected chi connectivity index (χ0v) is 20.6. The molecule has 0 saturated heterocycles. The zero-order valence-electron chi connectivity index (χ0n) is 19.8. The third-order valence-electron chi connectivity index (χ3n) is 5.80. The van der Waals surface area contributed by atoms with Crippen LogP contribution in [0.1, 0.15) is 23.0 Å². The van der Waals surface area contributed by atoms with Gasteiger partial charge in [-0.25, -0.2) is 22.6 Å². The first kappa shape index (κ1) is 24.6. The molecule has 0 saturated carbocycles. The first-order valence-electron chi connectivity index (χ1n) is 10.8. The van der Waals surface area contributed by atoms with E-state index >= 15 is 0 Å². The van der Waals surface area contributed by atoms with E-state index in [-0.39, 0.29) is 18.2 Å². The van der Waals surface area contributed by atoms with E-state index in [9.17, 15) is 17.6 Å². The quantitative estimate of drug-likeness (QED) is 0.397. The number of rotatable bonds is 8. The molecule has 10 heteroatoms. The van der Waals surface area contributed by atoms with Crippen LogP contribution in [0.15, 0.2) is 53.3 Å². The van der Waals surface area contributed by atoms with E-state index in [1.165, 1.54) is 30.9 Å². The van der Waals surface area contributed by atoms with Crippen LogP contribution >= 0.6 is 0 Å². The molecular formula is C25H26FN3O5S. The van der Waals surface area contributed by atoms with Gasteiger partial charge in [0.2, 0.25) is 0 Å². The number of pyridine rings is 1. The van der Waals surface area contributed by atoms with Crippen LogP contribution in [0, 0.1) is 12.7 Å². The molecule has 35 heavy (non-hydrogen) atoms. The molecule has 0 fully saturated rings. The van der Waals surface area contributed by atoms with E-state index in [0.717, 1.165) is 17.4 Å². The number of fused-ring (bicyclic) bond motifs is 1. The molecule has 184 valence electrons. The minimum absolute atomic E-state index is 0.155. The monoisotopic (exact) mass is 499 g/mol. The Morgan fingerprint density at radius 1 is 1.11 bits per heavy atom.